The van der Waals surface area contributed by atoms with Gasteiger partial charge < -0.3 is 5.32 Å². The van der Waals surface area contributed by atoms with Crippen molar-refractivity contribution in [3.05, 3.63) is 64.9 Å². The highest BCUT2D eigenvalue weighted by Gasteiger charge is 2.05. The van der Waals surface area contributed by atoms with Crippen LogP contribution in [0.1, 0.15) is 5.56 Å². The lowest BCUT2D eigenvalue weighted by molar-refractivity contribution is -0.111. The Balaban J connectivity index is 2.08. The van der Waals surface area contributed by atoms with E-state index in [1.807, 2.05) is 18.2 Å². The lowest BCUT2D eigenvalue weighted by atomic mass is 10.2. The normalized spacial score (nSPS) is 9.37. The number of benzene rings is 2. The minimum atomic E-state index is -0.595. The molecule has 94 valence electrons. The predicted molar refractivity (Wildman–Crippen MR) is 73.4 cm³/mol. The number of carbonyl (C=O) groups is 1. The van der Waals surface area contributed by atoms with Gasteiger partial charge in [0.15, 0.2) is 0 Å². The van der Waals surface area contributed by atoms with E-state index in [9.17, 15) is 9.18 Å². The Hall–Kier alpha value is -2.31. The smallest absolute Gasteiger partial charge is 0.300 e. The average molecular weight is 274 g/mol. The second-order valence-electron chi connectivity index (χ2n) is 3.69. The van der Waals surface area contributed by atoms with E-state index < -0.39 is 11.7 Å². The fourth-order valence-electron chi connectivity index (χ4n) is 1.39. The largest absolute Gasteiger partial charge is 0.313 e. The quantitative estimate of drug-likeness (QED) is 0.792. The van der Waals surface area contributed by atoms with Crippen LogP contribution in [0.25, 0.3) is 0 Å². The van der Waals surface area contributed by atoms with Crippen LogP contribution in [0.4, 0.5) is 10.1 Å². The molecule has 0 aliphatic rings. The number of nitrogens with one attached hydrogen (secondary N) is 1. The Labute approximate surface area is 115 Å². The molecule has 0 fully saturated rings. The van der Waals surface area contributed by atoms with Crippen molar-refractivity contribution in [1.29, 1.82) is 0 Å². The highest BCUT2D eigenvalue weighted by molar-refractivity contribution is 6.30. The van der Waals surface area contributed by atoms with Crippen molar-refractivity contribution in [1.82, 2.24) is 0 Å². The second kappa shape index (κ2) is 6.03. The van der Waals surface area contributed by atoms with E-state index in [0.717, 1.165) is 6.07 Å². The molecule has 0 heterocycles. The number of hydrogen-bond acceptors (Lipinski definition) is 1. The SMILES string of the molecule is O=C(C#Cc1ccccc1)Nc1ccc(Cl)cc1F. The summed E-state index contributed by atoms with van der Waals surface area (Å²) in [4.78, 5) is 11.5. The third-order valence-electron chi connectivity index (χ3n) is 2.27. The fraction of sp³-hybridized carbons (Fsp3) is 0. The lowest BCUT2D eigenvalue weighted by Gasteiger charge is -2.02. The van der Waals surface area contributed by atoms with Gasteiger partial charge in [-0.2, -0.15) is 0 Å². The van der Waals surface area contributed by atoms with E-state index in [-0.39, 0.29) is 10.7 Å². The van der Waals surface area contributed by atoms with Crippen molar-refractivity contribution in [3.8, 4) is 11.8 Å². The first-order chi connectivity index (χ1) is 9.15. The Bertz CT molecular complexity index is 659. The van der Waals surface area contributed by atoms with Crippen LogP contribution in [-0.2, 0) is 4.79 Å². The van der Waals surface area contributed by atoms with Crippen molar-refractivity contribution in [3.63, 3.8) is 0 Å². The summed E-state index contributed by atoms with van der Waals surface area (Å²) in [5.41, 5.74) is 0.769. The van der Waals surface area contributed by atoms with Crippen LogP contribution < -0.4 is 5.32 Å². The van der Waals surface area contributed by atoms with E-state index in [2.05, 4.69) is 17.2 Å². The minimum Gasteiger partial charge on any atom is -0.313 e. The molecule has 2 aromatic rings. The molecule has 0 aliphatic heterocycles. The topological polar surface area (TPSA) is 29.1 Å². The minimum absolute atomic E-state index is 0.0526. The van der Waals surface area contributed by atoms with Crippen LogP contribution >= 0.6 is 11.6 Å². The lowest BCUT2D eigenvalue weighted by Crippen LogP contribution is -2.09. The summed E-state index contributed by atoms with van der Waals surface area (Å²) < 4.78 is 13.4. The van der Waals surface area contributed by atoms with E-state index in [0.29, 0.717) is 5.56 Å². The van der Waals surface area contributed by atoms with Gasteiger partial charge in [-0.3, -0.25) is 4.79 Å². The fourth-order valence-corrected chi connectivity index (χ4v) is 1.55. The molecule has 0 aromatic heterocycles. The van der Waals surface area contributed by atoms with Crippen LogP contribution in [0.5, 0.6) is 0 Å². The first kappa shape index (κ1) is 13.1. The van der Waals surface area contributed by atoms with Gasteiger partial charge in [-0.05, 0) is 30.3 Å². The first-order valence-electron chi connectivity index (χ1n) is 5.48. The maximum Gasteiger partial charge on any atom is 0.300 e. The number of rotatable bonds is 1. The van der Waals surface area contributed by atoms with Gasteiger partial charge in [-0.15, -0.1) is 0 Å². The van der Waals surface area contributed by atoms with Gasteiger partial charge in [0.25, 0.3) is 0 Å². The number of halogens is 2. The zero-order chi connectivity index (χ0) is 13.7. The first-order valence-corrected chi connectivity index (χ1v) is 5.86. The van der Waals surface area contributed by atoms with Crippen LogP contribution in [0, 0.1) is 17.7 Å². The van der Waals surface area contributed by atoms with E-state index in [4.69, 9.17) is 11.6 Å². The van der Waals surface area contributed by atoms with E-state index in [1.54, 1.807) is 12.1 Å². The van der Waals surface area contributed by atoms with Gasteiger partial charge in [-0.25, -0.2) is 4.39 Å². The number of hydrogen-bond donors (Lipinski definition) is 1. The molecule has 0 saturated heterocycles. The summed E-state index contributed by atoms with van der Waals surface area (Å²) in [5.74, 6) is 3.90. The highest BCUT2D eigenvalue weighted by atomic mass is 35.5. The molecule has 0 atom stereocenters. The monoisotopic (exact) mass is 273 g/mol. The maximum absolute atomic E-state index is 13.4. The van der Waals surface area contributed by atoms with Crippen molar-refractivity contribution in [2.45, 2.75) is 0 Å². The highest BCUT2D eigenvalue weighted by Crippen LogP contribution is 2.18. The van der Waals surface area contributed by atoms with Crippen molar-refractivity contribution >= 4 is 23.2 Å². The van der Waals surface area contributed by atoms with Crippen LogP contribution in [0.3, 0.4) is 0 Å². The molecule has 1 amide bonds. The van der Waals surface area contributed by atoms with E-state index >= 15 is 0 Å². The van der Waals surface area contributed by atoms with Gasteiger partial charge in [0, 0.05) is 16.5 Å². The molecule has 0 saturated carbocycles. The second-order valence-corrected chi connectivity index (χ2v) is 4.13. The van der Waals surface area contributed by atoms with Gasteiger partial charge in [-0.1, -0.05) is 35.7 Å². The molecule has 0 aliphatic carbocycles. The molecule has 1 N–H and O–H groups in total. The van der Waals surface area contributed by atoms with Crippen molar-refractivity contribution < 1.29 is 9.18 Å². The Kier molecular flexibility index (Phi) is 4.17. The predicted octanol–water partition coefficient (Wildman–Crippen LogP) is 3.47. The van der Waals surface area contributed by atoms with E-state index in [1.165, 1.54) is 12.1 Å². The molecule has 2 rings (SSSR count). The number of amides is 1. The summed E-state index contributed by atoms with van der Waals surface area (Å²) in [6.07, 6.45) is 0. The van der Waals surface area contributed by atoms with Gasteiger partial charge in [0.05, 0.1) is 5.69 Å². The third-order valence-corrected chi connectivity index (χ3v) is 2.51. The Morgan fingerprint density at radius 3 is 2.58 bits per heavy atom. The molecular formula is C15H9ClFNO. The zero-order valence-electron chi connectivity index (χ0n) is 9.78. The molecule has 0 spiro atoms. The van der Waals surface area contributed by atoms with Gasteiger partial charge >= 0.3 is 5.91 Å². The number of anilines is 1. The number of carbonyl (C=O) groups excluding carboxylic acids is 1. The molecule has 4 heteroatoms. The summed E-state index contributed by atoms with van der Waals surface area (Å²) in [6, 6.07) is 13.1. The Morgan fingerprint density at radius 1 is 1.16 bits per heavy atom. The summed E-state index contributed by atoms with van der Waals surface area (Å²) >= 11 is 5.61. The molecule has 19 heavy (non-hydrogen) atoms. The van der Waals surface area contributed by atoms with Crippen molar-refractivity contribution in [2.75, 3.05) is 5.32 Å². The summed E-state index contributed by atoms with van der Waals surface area (Å²) in [7, 11) is 0. The molecule has 2 aromatic carbocycles. The van der Waals surface area contributed by atoms with Gasteiger partial charge in [0.1, 0.15) is 5.82 Å². The van der Waals surface area contributed by atoms with Crippen LogP contribution in [0.15, 0.2) is 48.5 Å². The van der Waals surface area contributed by atoms with Crippen LogP contribution in [-0.4, -0.2) is 5.91 Å². The molecule has 2 nitrogen and oxygen atoms in total. The summed E-state index contributed by atoms with van der Waals surface area (Å²) in [6.45, 7) is 0. The standard InChI is InChI=1S/C15H9ClFNO/c16-12-7-8-14(13(17)10-12)18-15(19)9-6-11-4-2-1-3-5-11/h1-5,7-8,10H,(H,18,19). The Morgan fingerprint density at radius 2 is 1.89 bits per heavy atom. The average Bonchev–Trinajstić information content (AvgIpc) is 2.41. The van der Waals surface area contributed by atoms with Crippen molar-refractivity contribution in [2.24, 2.45) is 0 Å². The molecular weight excluding hydrogens is 265 g/mol. The summed E-state index contributed by atoms with van der Waals surface area (Å²) in [5, 5.41) is 2.63. The molecule has 0 radical (unpaired) electrons. The molecule has 0 unspecified atom stereocenters. The van der Waals surface area contributed by atoms with Gasteiger partial charge in [0.2, 0.25) is 0 Å². The van der Waals surface area contributed by atoms with Crippen LogP contribution in [0.2, 0.25) is 5.02 Å². The molecule has 0 bridgehead atoms. The third kappa shape index (κ3) is 3.84. The zero-order valence-corrected chi connectivity index (χ0v) is 10.5. The maximum atomic E-state index is 13.4.